The highest BCUT2D eigenvalue weighted by atomic mass is 19.1. The fourth-order valence-corrected chi connectivity index (χ4v) is 0.801. The number of methoxy groups -OCH3 is 1. The lowest BCUT2D eigenvalue weighted by Crippen LogP contribution is -2.08. The molecule has 0 fully saturated rings. The van der Waals surface area contributed by atoms with Crippen molar-refractivity contribution in [1.29, 1.82) is 0 Å². The van der Waals surface area contributed by atoms with Crippen LogP contribution in [-0.2, 0) is 14.3 Å². The van der Waals surface area contributed by atoms with Crippen molar-refractivity contribution in [3.63, 3.8) is 0 Å². The monoisotopic (exact) mass is 192 g/mol. The lowest BCUT2D eigenvalue weighted by molar-refractivity contribution is -0.141. The maximum Gasteiger partial charge on any atom is 0.305 e. The summed E-state index contributed by atoms with van der Waals surface area (Å²) in [6, 6.07) is 0. The Morgan fingerprint density at radius 2 is 1.92 bits per heavy atom. The standard InChI is InChI=1S/C8H13FO4/c1-13-8(12)5-3-6(9)2-4-7(10)11/h6H,2-5H2,1H3,(H,10,11). The third kappa shape index (κ3) is 7.24. The number of halogens is 1. The van der Waals surface area contributed by atoms with E-state index in [4.69, 9.17) is 5.11 Å². The largest absolute Gasteiger partial charge is 0.481 e. The number of hydrogen-bond acceptors (Lipinski definition) is 3. The number of alkyl halides is 1. The molecule has 0 radical (unpaired) electrons. The molecular formula is C8H13FO4. The summed E-state index contributed by atoms with van der Waals surface area (Å²) in [6.07, 6.45) is -1.47. The Bertz CT molecular complexity index is 181. The molecule has 0 aliphatic carbocycles. The molecule has 0 aliphatic heterocycles. The minimum absolute atomic E-state index is 0.00269. The van der Waals surface area contributed by atoms with Crippen molar-refractivity contribution in [2.75, 3.05) is 7.11 Å². The molecule has 0 heterocycles. The Hall–Kier alpha value is -1.13. The summed E-state index contributed by atoms with van der Waals surface area (Å²) in [6.45, 7) is 0. The summed E-state index contributed by atoms with van der Waals surface area (Å²) in [7, 11) is 1.23. The van der Waals surface area contributed by atoms with Crippen LogP contribution in [0.5, 0.6) is 0 Å². The van der Waals surface area contributed by atoms with Gasteiger partial charge >= 0.3 is 11.9 Å². The van der Waals surface area contributed by atoms with E-state index in [2.05, 4.69) is 4.74 Å². The number of rotatable bonds is 6. The van der Waals surface area contributed by atoms with Gasteiger partial charge in [0.25, 0.3) is 0 Å². The number of aliphatic carboxylic acids is 1. The van der Waals surface area contributed by atoms with E-state index in [0.29, 0.717) is 0 Å². The zero-order valence-corrected chi connectivity index (χ0v) is 7.46. The molecule has 0 spiro atoms. The van der Waals surface area contributed by atoms with E-state index in [9.17, 15) is 14.0 Å². The molecule has 0 aromatic heterocycles. The second-order valence-electron chi connectivity index (χ2n) is 2.64. The van der Waals surface area contributed by atoms with Crippen LogP contribution in [0.3, 0.4) is 0 Å². The quantitative estimate of drug-likeness (QED) is 0.641. The molecule has 4 nitrogen and oxygen atoms in total. The Kier molecular flexibility index (Phi) is 5.84. The molecule has 1 atom stereocenters. The number of hydrogen-bond donors (Lipinski definition) is 1. The molecule has 5 heteroatoms. The fraction of sp³-hybridized carbons (Fsp3) is 0.750. The predicted octanol–water partition coefficient (Wildman–Crippen LogP) is 1.14. The molecule has 0 aliphatic rings. The third-order valence-electron chi connectivity index (χ3n) is 1.56. The summed E-state index contributed by atoms with van der Waals surface area (Å²) in [5, 5.41) is 8.23. The number of carbonyl (C=O) groups excluding carboxylic acids is 1. The van der Waals surface area contributed by atoms with Gasteiger partial charge < -0.3 is 9.84 Å². The van der Waals surface area contributed by atoms with Crippen LogP contribution in [0, 0.1) is 0 Å². The number of carboxylic acids is 1. The van der Waals surface area contributed by atoms with Crippen molar-refractivity contribution in [3.8, 4) is 0 Å². The first-order chi connectivity index (χ1) is 6.06. The van der Waals surface area contributed by atoms with E-state index in [1.165, 1.54) is 7.11 Å². The minimum Gasteiger partial charge on any atom is -0.481 e. The van der Waals surface area contributed by atoms with E-state index in [0.717, 1.165) is 0 Å². The highest BCUT2D eigenvalue weighted by Gasteiger charge is 2.11. The first-order valence-corrected chi connectivity index (χ1v) is 3.99. The van der Waals surface area contributed by atoms with Crippen molar-refractivity contribution >= 4 is 11.9 Å². The van der Waals surface area contributed by atoms with Gasteiger partial charge in [-0.05, 0) is 12.8 Å². The highest BCUT2D eigenvalue weighted by molar-refractivity contribution is 5.69. The van der Waals surface area contributed by atoms with Gasteiger partial charge in [0.15, 0.2) is 0 Å². The summed E-state index contributed by atoms with van der Waals surface area (Å²) < 4.78 is 17.1. The second-order valence-corrected chi connectivity index (χ2v) is 2.64. The molecular weight excluding hydrogens is 179 g/mol. The van der Waals surface area contributed by atoms with Gasteiger partial charge in [-0.25, -0.2) is 4.39 Å². The maximum atomic E-state index is 12.8. The van der Waals surface area contributed by atoms with Crippen molar-refractivity contribution in [2.45, 2.75) is 31.9 Å². The minimum atomic E-state index is -1.24. The van der Waals surface area contributed by atoms with Crippen LogP contribution >= 0.6 is 0 Å². The SMILES string of the molecule is COC(=O)CCC(F)CCC(=O)O. The molecule has 0 aromatic rings. The first-order valence-electron chi connectivity index (χ1n) is 3.99. The summed E-state index contributed by atoms with van der Waals surface area (Å²) in [4.78, 5) is 20.6. The molecule has 1 unspecified atom stereocenters. The van der Waals surface area contributed by atoms with Gasteiger partial charge in [0.2, 0.25) is 0 Å². The smallest absolute Gasteiger partial charge is 0.305 e. The molecule has 76 valence electrons. The lowest BCUT2D eigenvalue weighted by Gasteiger charge is -2.04. The Balaban J connectivity index is 3.45. The predicted molar refractivity (Wildman–Crippen MR) is 43.0 cm³/mol. The molecule has 0 amide bonds. The zero-order chi connectivity index (χ0) is 10.3. The number of esters is 1. The molecule has 0 saturated heterocycles. The average Bonchev–Trinajstić information content (AvgIpc) is 2.10. The van der Waals surface area contributed by atoms with Crippen molar-refractivity contribution in [2.24, 2.45) is 0 Å². The average molecular weight is 192 g/mol. The van der Waals surface area contributed by atoms with E-state index in [-0.39, 0.29) is 25.7 Å². The molecule has 0 aromatic carbocycles. The van der Waals surface area contributed by atoms with Crippen molar-refractivity contribution < 1.29 is 23.8 Å². The molecule has 0 bridgehead atoms. The van der Waals surface area contributed by atoms with Gasteiger partial charge in [0, 0.05) is 12.8 Å². The number of ether oxygens (including phenoxy) is 1. The van der Waals surface area contributed by atoms with Crippen LogP contribution in [0.2, 0.25) is 0 Å². The van der Waals surface area contributed by atoms with Crippen LogP contribution < -0.4 is 0 Å². The van der Waals surface area contributed by atoms with E-state index >= 15 is 0 Å². The molecule has 0 saturated carbocycles. The Morgan fingerprint density at radius 3 is 2.38 bits per heavy atom. The van der Waals surface area contributed by atoms with E-state index < -0.39 is 18.1 Å². The van der Waals surface area contributed by atoms with Gasteiger partial charge in [0.05, 0.1) is 7.11 Å². The maximum absolute atomic E-state index is 12.8. The summed E-state index contributed by atoms with van der Waals surface area (Å²) >= 11 is 0. The van der Waals surface area contributed by atoms with Crippen LogP contribution in [0.4, 0.5) is 4.39 Å². The van der Waals surface area contributed by atoms with Crippen LogP contribution in [-0.4, -0.2) is 30.3 Å². The van der Waals surface area contributed by atoms with Gasteiger partial charge in [-0.2, -0.15) is 0 Å². The second kappa shape index (κ2) is 6.39. The molecule has 1 N–H and O–H groups in total. The van der Waals surface area contributed by atoms with Gasteiger partial charge in [-0.1, -0.05) is 0 Å². The lowest BCUT2D eigenvalue weighted by atomic mass is 10.1. The summed E-state index contributed by atoms with van der Waals surface area (Å²) in [5.74, 6) is -1.50. The number of carboxylic acid groups (broad SMARTS) is 1. The third-order valence-corrected chi connectivity index (χ3v) is 1.56. The Morgan fingerprint density at radius 1 is 1.38 bits per heavy atom. The highest BCUT2D eigenvalue weighted by Crippen LogP contribution is 2.09. The van der Waals surface area contributed by atoms with E-state index in [1.807, 2.05) is 0 Å². The topological polar surface area (TPSA) is 63.6 Å². The van der Waals surface area contributed by atoms with Crippen molar-refractivity contribution in [3.05, 3.63) is 0 Å². The first kappa shape index (κ1) is 11.9. The van der Waals surface area contributed by atoms with Gasteiger partial charge in [-0.15, -0.1) is 0 Å². The van der Waals surface area contributed by atoms with E-state index in [1.54, 1.807) is 0 Å². The molecule has 13 heavy (non-hydrogen) atoms. The van der Waals surface area contributed by atoms with Gasteiger partial charge in [-0.3, -0.25) is 9.59 Å². The van der Waals surface area contributed by atoms with Crippen LogP contribution in [0.25, 0.3) is 0 Å². The van der Waals surface area contributed by atoms with Crippen LogP contribution in [0.15, 0.2) is 0 Å². The number of carbonyl (C=O) groups is 2. The van der Waals surface area contributed by atoms with Gasteiger partial charge in [0.1, 0.15) is 6.17 Å². The zero-order valence-electron chi connectivity index (χ0n) is 7.46. The van der Waals surface area contributed by atoms with Crippen LogP contribution in [0.1, 0.15) is 25.7 Å². The Labute approximate surface area is 75.7 Å². The normalized spacial score (nSPS) is 12.2. The fourth-order valence-electron chi connectivity index (χ4n) is 0.801. The molecule has 0 rings (SSSR count). The summed E-state index contributed by atoms with van der Waals surface area (Å²) in [5.41, 5.74) is 0. The van der Waals surface area contributed by atoms with Crippen molar-refractivity contribution in [1.82, 2.24) is 0 Å².